The minimum atomic E-state index is 1.12. The van der Waals surface area contributed by atoms with Gasteiger partial charge in [0.25, 0.3) is 0 Å². The van der Waals surface area contributed by atoms with Crippen molar-refractivity contribution in [3.8, 4) is 22.3 Å². The zero-order valence-corrected chi connectivity index (χ0v) is 28.1. The van der Waals surface area contributed by atoms with Crippen molar-refractivity contribution in [1.82, 2.24) is 0 Å². The molecule has 0 spiro atoms. The fourth-order valence-corrected chi connectivity index (χ4v) is 8.75. The topological polar surface area (TPSA) is 3.24 Å². The van der Waals surface area contributed by atoms with E-state index in [9.17, 15) is 0 Å². The van der Waals surface area contributed by atoms with E-state index >= 15 is 0 Å². The molecular formula is C48H31NS. The van der Waals surface area contributed by atoms with Crippen LogP contribution in [0.4, 0.5) is 17.1 Å². The predicted molar refractivity (Wildman–Crippen MR) is 217 cm³/mol. The zero-order chi connectivity index (χ0) is 33.0. The highest BCUT2D eigenvalue weighted by molar-refractivity contribution is 7.25. The predicted octanol–water partition coefficient (Wildman–Crippen LogP) is 14.3. The molecule has 10 aromatic rings. The summed E-state index contributed by atoms with van der Waals surface area (Å²) in [5.41, 5.74) is 8.25. The molecule has 1 nitrogen and oxygen atoms in total. The van der Waals surface area contributed by atoms with Crippen molar-refractivity contribution < 1.29 is 0 Å². The number of hydrogen-bond donors (Lipinski definition) is 0. The first-order valence-electron chi connectivity index (χ1n) is 17.1. The summed E-state index contributed by atoms with van der Waals surface area (Å²) in [6.45, 7) is 0. The van der Waals surface area contributed by atoms with Crippen LogP contribution in [-0.4, -0.2) is 0 Å². The monoisotopic (exact) mass is 653 g/mol. The summed E-state index contributed by atoms with van der Waals surface area (Å²) < 4.78 is 2.62. The molecule has 9 aromatic carbocycles. The number of nitrogens with zero attached hydrogens (tertiary/aromatic N) is 1. The van der Waals surface area contributed by atoms with Gasteiger partial charge in [-0.15, -0.1) is 11.3 Å². The highest BCUT2D eigenvalue weighted by Crippen LogP contribution is 2.45. The lowest BCUT2D eigenvalue weighted by atomic mass is 9.93. The first kappa shape index (κ1) is 28.8. The van der Waals surface area contributed by atoms with Crippen LogP contribution in [0.2, 0.25) is 0 Å². The van der Waals surface area contributed by atoms with E-state index in [0.29, 0.717) is 0 Å². The van der Waals surface area contributed by atoms with Gasteiger partial charge in [0.05, 0.1) is 5.69 Å². The van der Waals surface area contributed by atoms with Gasteiger partial charge in [0.1, 0.15) is 0 Å². The first-order chi connectivity index (χ1) is 24.8. The number of benzene rings is 9. The van der Waals surface area contributed by atoms with E-state index in [2.05, 4.69) is 193 Å². The molecule has 1 aromatic heterocycles. The molecule has 0 saturated carbocycles. The number of hydrogen-bond acceptors (Lipinski definition) is 2. The highest BCUT2D eigenvalue weighted by Gasteiger charge is 2.19. The van der Waals surface area contributed by atoms with Crippen molar-refractivity contribution in [1.29, 1.82) is 0 Å². The Bertz CT molecular complexity index is 2870. The molecule has 0 radical (unpaired) electrons. The van der Waals surface area contributed by atoms with E-state index in [0.717, 1.165) is 17.1 Å². The fourth-order valence-electron chi connectivity index (χ4n) is 7.63. The molecule has 10 rings (SSSR count). The molecule has 0 atom stereocenters. The van der Waals surface area contributed by atoms with Gasteiger partial charge in [0.2, 0.25) is 0 Å². The molecule has 50 heavy (non-hydrogen) atoms. The number of rotatable bonds is 5. The fraction of sp³-hybridized carbons (Fsp3) is 0. The van der Waals surface area contributed by atoms with Crippen LogP contribution in [0.3, 0.4) is 0 Å². The van der Waals surface area contributed by atoms with Crippen LogP contribution in [0, 0.1) is 0 Å². The van der Waals surface area contributed by atoms with Gasteiger partial charge in [-0.05, 0) is 104 Å². The Morgan fingerprint density at radius 3 is 1.74 bits per heavy atom. The smallest absolute Gasteiger partial charge is 0.0540 e. The van der Waals surface area contributed by atoms with Crippen LogP contribution in [0.1, 0.15) is 0 Å². The largest absolute Gasteiger partial charge is 0.310 e. The third-order valence-electron chi connectivity index (χ3n) is 10.0. The Hall–Kier alpha value is -6.22. The second-order valence-electron chi connectivity index (χ2n) is 12.9. The number of fused-ring (bicyclic) bond motifs is 7. The van der Waals surface area contributed by atoms with Crippen LogP contribution in [0.5, 0.6) is 0 Å². The van der Waals surface area contributed by atoms with Crippen LogP contribution in [-0.2, 0) is 0 Å². The SMILES string of the molecule is c1ccc(-c2ccccc2N(c2ccc(-c3cc4ccccc4c4ccccc34)cc2)c2ccc3sc4cc5ccccc5cc4c3c2)cc1. The Morgan fingerprint density at radius 1 is 0.320 bits per heavy atom. The van der Waals surface area contributed by atoms with Gasteiger partial charge in [-0.25, -0.2) is 0 Å². The summed E-state index contributed by atoms with van der Waals surface area (Å²) >= 11 is 1.87. The lowest BCUT2D eigenvalue weighted by molar-refractivity contribution is 1.29. The molecule has 2 heteroatoms. The number of anilines is 3. The third kappa shape index (κ3) is 4.76. The number of thiophene rings is 1. The van der Waals surface area contributed by atoms with Gasteiger partial charge in [0.15, 0.2) is 0 Å². The van der Waals surface area contributed by atoms with Crippen molar-refractivity contribution in [3.63, 3.8) is 0 Å². The van der Waals surface area contributed by atoms with Crippen LogP contribution >= 0.6 is 11.3 Å². The van der Waals surface area contributed by atoms with Crippen molar-refractivity contribution in [3.05, 3.63) is 188 Å². The summed E-state index contributed by atoms with van der Waals surface area (Å²) in [5, 5.41) is 10.2. The maximum atomic E-state index is 2.43. The van der Waals surface area contributed by atoms with Gasteiger partial charge in [-0.2, -0.15) is 0 Å². The molecule has 0 amide bonds. The molecule has 0 aliphatic rings. The Morgan fingerprint density at radius 2 is 0.920 bits per heavy atom. The second-order valence-corrected chi connectivity index (χ2v) is 14.0. The van der Waals surface area contributed by atoms with Crippen LogP contribution in [0.25, 0.3) is 74.7 Å². The van der Waals surface area contributed by atoms with Crippen molar-refractivity contribution >= 4 is 80.9 Å². The van der Waals surface area contributed by atoms with E-state index in [-0.39, 0.29) is 0 Å². The van der Waals surface area contributed by atoms with Crippen molar-refractivity contribution in [2.75, 3.05) is 4.90 Å². The van der Waals surface area contributed by atoms with Gasteiger partial charge < -0.3 is 4.90 Å². The molecule has 0 aliphatic heterocycles. The van der Waals surface area contributed by atoms with E-state index in [1.54, 1.807) is 0 Å². The lowest BCUT2D eigenvalue weighted by Gasteiger charge is -2.28. The van der Waals surface area contributed by atoms with Gasteiger partial charge in [-0.3, -0.25) is 0 Å². The molecule has 0 fully saturated rings. The van der Waals surface area contributed by atoms with E-state index < -0.39 is 0 Å². The van der Waals surface area contributed by atoms with E-state index in [1.807, 2.05) is 11.3 Å². The standard InChI is InChI=1S/C48H31NS/c1-2-12-32(13-3-1)40-18-10-11-21-46(40)49(38-26-27-47-45(31-38)44-28-34-14-4-5-15-35(34)30-48(44)50-47)37-24-22-33(23-25-37)43-29-36-16-6-7-17-39(36)41-19-8-9-20-42(41)43/h1-31H. The second kappa shape index (κ2) is 11.7. The summed E-state index contributed by atoms with van der Waals surface area (Å²) in [6, 6.07) is 68.8. The summed E-state index contributed by atoms with van der Waals surface area (Å²) in [5.74, 6) is 0. The Labute approximate surface area is 294 Å². The normalized spacial score (nSPS) is 11.6. The molecule has 0 N–H and O–H groups in total. The summed E-state index contributed by atoms with van der Waals surface area (Å²) in [7, 11) is 0. The first-order valence-corrected chi connectivity index (χ1v) is 17.9. The van der Waals surface area contributed by atoms with E-state index in [4.69, 9.17) is 0 Å². The van der Waals surface area contributed by atoms with Gasteiger partial charge in [0, 0.05) is 37.1 Å². The molecule has 1 heterocycles. The Kier molecular flexibility index (Phi) is 6.75. The zero-order valence-electron chi connectivity index (χ0n) is 27.3. The number of para-hydroxylation sites is 1. The third-order valence-corrected chi connectivity index (χ3v) is 11.1. The maximum absolute atomic E-state index is 2.43. The molecule has 0 saturated heterocycles. The summed E-state index contributed by atoms with van der Waals surface area (Å²) in [4.78, 5) is 2.43. The maximum Gasteiger partial charge on any atom is 0.0540 e. The minimum absolute atomic E-state index is 1.12. The van der Waals surface area contributed by atoms with Crippen LogP contribution in [0.15, 0.2) is 188 Å². The molecule has 0 bridgehead atoms. The Balaban J connectivity index is 1.17. The van der Waals surface area contributed by atoms with Crippen molar-refractivity contribution in [2.24, 2.45) is 0 Å². The molecule has 0 aliphatic carbocycles. The van der Waals surface area contributed by atoms with Crippen LogP contribution < -0.4 is 4.90 Å². The summed E-state index contributed by atoms with van der Waals surface area (Å²) in [6.07, 6.45) is 0. The van der Waals surface area contributed by atoms with Gasteiger partial charge >= 0.3 is 0 Å². The lowest BCUT2D eigenvalue weighted by Crippen LogP contribution is -2.11. The van der Waals surface area contributed by atoms with Crippen molar-refractivity contribution in [2.45, 2.75) is 0 Å². The molecule has 0 unspecified atom stereocenters. The average Bonchev–Trinajstić information content (AvgIpc) is 3.54. The molecule has 234 valence electrons. The quantitative estimate of drug-likeness (QED) is 0.167. The van der Waals surface area contributed by atoms with E-state index in [1.165, 1.54) is 74.7 Å². The average molecular weight is 654 g/mol. The molecular weight excluding hydrogens is 623 g/mol. The van der Waals surface area contributed by atoms with Gasteiger partial charge in [-0.1, -0.05) is 133 Å². The minimum Gasteiger partial charge on any atom is -0.310 e. The highest BCUT2D eigenvalue weighted by atomic mass is 32.1.